The van der Waals surface area contributed by atoms with Gasteiger partial charge in [0.2, 0.25) is 5.28 Å². The molecule has 352 valence electrons. The van der Waals surface area contributed by atoms with Crippen LogP contribution >= 0.6 is 20.1 Å². The van der Waals surface area contributed by atoms with Gasteiger partial charge < -0.3 is 28.3 Å². The first-order valence-electron chi connectivity index (χ1n) is 22.7. The lowest BCUT2D eigenvalue weighted by Crippen LogP contribution is -2.50. The normalized spacial score (nSPS) is 18.4. The van der Waals surface area contributed by atoms with Crippen LogP contribution in [0.25, 0.3) is 11.2 Å². The number of hydrogen-bond donors (Lipinski definition) is 1. The lowest BCUT2D eigenvalue weighted by molar-refractivity contribution is -0.0925. The number of anilines is 1. The number of rotatable bonds is 19. The van der Waals surface area contributed by atoms with Crippen LogP contribution in [0.3, 0.4) is 0 Å². The summed E-state index contributed by atoms with van der Waals surface area (Å²) in [6.07, 6.45) is -1.90. The van der Waals surface area contributed by atoms with Crippen molar-refractivity contribution >= 4 is 51.3 Å². The number of ether oxygens (including phenoxy) is 2. The van der Waals surface area contributed by atoms with E-state index in [0.29, 0.717) is 11.2 Å². The third kappa shape index (κ3) is 10.9. The van der Waals surface area contributed by atoms with Crippen molar-refractivity contribution in [1.29, 1.82) is 5.26 Å². The van der Waals surface area contributed by atoms with Crippen LogP contribution in [-0.2, 0) is 28.5 Å². The number of carbonyl (C=O) groups excluding carboxylic acids is 1. The fourth-order valence-electron chi connectivity index (χ4n) is 8.16. The van der Waals surface area contributed by atoms with E-state index in [1.165, 1.54) is 6.33 Å². The fraction of sp³-hybridized carbons (Fsp3) is 0.392. The minimum atomic E-state index is -2.68. The van der Waals surface area contributed by atoms with Gasteiger partial charge in [0.15, 0.2) is 31.5 Å². The Bertz CT molecular complexity index is 2490. The van der Waals surface area contributed by atoms with Crippen molar-refractivity contribution in [3.8, 4) is 6.07 Å². The van der Waals surface area contributed by atoms with E-state index in [2.05, 4.69) is 119 Å². The van der Waals surface area contributed by atoms with Crippen molar-refractivity contribution in [3.05, 3.63) is 155 Å². The molecule has 13 nitrogen and oxygen atoms in total. The summed E-state index contributed by atoms with van der Waals surface area (Å²) in [5, 5.41) is 12.3. The van der Waals surface area contributed by atoms with Crippen molar-refractivity contribution in [1.82, 2.24) is 24.2 Å². The van der Waals surface area contributed by atoms with Crippen LogP contribution in [-0.4, -0.2) is 82.0 Å². The van der Waals surface area contributed by atoms with Gasteiger partial charge in [0, 0.05) is 17.6 Å². The van der Waals surface area contributed by atoms with E-state index >= 15 is 0 Å². The molecule has 6 aromatic rings. The molecule has 0 bridgehead atoms. The molecule has 1 N–H and O–H groups in total. The average Bonchev–Trinajstić information content (AvgIpc) is 3.82. The number of nitrogens with one attached hydrogen (secondary N) is 1. The van der Waals surface area contributed by atoms with Crippen LogP contribution < -0.4 is 5.32 Å². The van der Waals surface area contributed by atoms with Crippen molar-refractivity contribution in [2.75, 3.05) is 18.5 Å². The van der Waals surface area contributed by atoms with Gasteiger partial charge in [-0.15, -0.1) is 0 Å². The van der Waals surface area contributed by atoms with Crippen molar-refractivity contribution in [2.45, 2.75) is 115 Å². The summed E-state index contributed by atoms with van der Waals surface area (Å²) in [4.78, 5) is 27.4. The lowest BCUT2D eigenvalue weighted by Gasteiger charge is -2.42. The largest absolute Gasteiger partial charge is 0.407 e. The van der Waals surface area contributed by atoms with Gasteiger partial charge >= 0.3 is 0 Å². The number of fused-ring (bicyclic) bond motifs is 1. The number of carbonyl (C=O) groups is 1. The zero-order chi connectivity index (χ0) is 47.9. The first kappa shape index (κ1) is 50.0. The monoisotopic (exact) mass is 961 g/mol. The van der Waals surface area contributed by atoms with Gasteiger partial charge in [-0.2, -0.15) is 5.26 Å². The summed E-state index contributed by atoms with van der Waals surface area (Å²) in [6.45, 7) is 19.5. The fourth-order valence-corrected chi connectivity index (χ4v) is 11.5. The molecule has 5 atom stereocenters. The first-order valence-corrected chi connectivity index (χ1v) is 27.1. The Kier molecular flexibility index (Phi) is 16.1. The molecule has 4 aromatic carbocycles. The summed E-state index contributed by atoms with van der Waals surface area (Å²) in [7, 11) is -4.50. The molecule has 3 heterocycles. The molecule has 16 heteroatoms. The number of nitrogens with zero attached hydrogens (tertiary/aromatic N) is 6. The molecule has 0 radical (unpaired) electrons. The highest BCUT2D eigenvalue weighted by Crippen LogP contribution is 2.53. The number of aromatic nitrogens is 4. The Labute approximate surface area is 401 Å². The minimum absolute atomic E-state index is 0.0101. The number of halogens is 1. The number of amides is 1. The molecule has 1 fully saturated rings. The van der Waals surface area contributed by atoms with Gasteiger partial charge in [-0.25, -0.2) is 19.6 Å². The molecule has 0 saturated carbocycles. The molecule has 7 rings (SSSR count). The van der Waals surface area contributed by atoms with Gasteiger partial charge in [0.1, 0.15) is 30.2 Å². The van der Waals surface area contributed by atoms with E-state index in [1.54, 1.807) is 28.8 Å². The van der Waals surface area contributed by atoms with Crippen LogP contribution in [0.4, 0.5) is 5.82 Å². The maximum atomic E-state index is 13.5. The quantitative estimate of drug-likeness (QED) is 0.0272. The summed E-state index contributed by atoms with van der Waals surface area (Å²) in [6, 6.07) is 41.6. The second-order valence-electron chi connectivity index (χ2n) is 18.6. The predicted molar refractivity (Wildman–Crippen MR) is 266 cm³/mol. The molecule has 0 aliphatic carbocycles. The highest BCUT2D eigenvalue weighted by Gasteiger charge is 2.55. The summed E-state index contributed by atoms with van der Waals surface area (Å²) >= 11 is 7.22. The number of benzene rings is 4. The smallest absolute Gasteiger partial charge is 0.259 e. The maximum Gasteiger partial charge on any atom is 0.259 e. The molecule has 1 aliphatic heterocycles. The van der Waals surface area contributed by atoms with Crippen LogP contribution in [0.5, 0.6) is 0 Å². The van der Waals surface area contributed by atoms with Crippen molar-refractivity contribution in [2.24, 2.45) is 0 Å². The molecule has 1 amide bonds. The summed E-state index contributed by atoms with van der Waals surface area (Å²) in [5.41, 5.74) is 2.72. The van der Waals surface area contributed by atoms with Crippen LogP contribution in [0.15, 0.2) is 128 Å². The predicted octanol–water partition coefficient (Wildman–Crippen LogP) is 11.7. The molecule has 67 heavy (non-hydrogen) atoms. The Morgan fingerprint density at radius 2 is 1.40 bits per heavy atom. The zero-order valence-electron chi connectivity index (χ0n) is 39.7. The average molecular weight is 963 g/mol. The van der Waals surface area contributed by atoms with Gasteiger partial charge in [0.05, 0.1) is 25.7 Å². The second-order valence-corrected chi connectivity index (χ2v) is 25.1. The highest BCUT2D eigenvalue weighted by molar-refractivity contribution is 7.44. The number of imidazole rings is 1. The topological polar surface area (TPSA) is 146 Å². The van der Waals surface area contributed by atoms with E-state index in [-0.39, 0.29) is 59.3 Å². The summed E-state index contributed by atoms with van der Waals surface area (Å²) in [5.74, 6) is -0.180. The molecule has 1 aliphatic rings. The van der Waals surface area contributed by atoms with Crippen LogP contribution in [0.1, 0.15) is 88.2 Å². The van der Waals surface area contributed by atoms with E-state index in [9.17, 15) is 10.1 Å². The SMILES string of the molecule is CC(C)N(C(C)C)P(OCCC#N)O[C@@H]1[C@H](COC(c2ccccc2)(c2ccccc2)c2ccccc2)OC(n2c(Cl)nc3c(NC(=O)c4ccccc4)ncnc32)[C@@H]1O[Si](C)(C)C(C)(C)C. The van der Waals surface area contributed by atoms with Gasteiger partial charge in [0.25, 0.3) is 14.4 Å². The Balaban J connectivity index is 1.41. The zero-order valence-corrected chi connectivity index (χ0v) is 42.3. The minimum Gasteiger partial charge on any atom is -0.407 e. The second kappa shape index (κ2) is 21.6. The van der Waals surface area contributed by atoms with Gasteiger partial charge in [-0.3, -0.25) is 9.36 Å². The Morgan fingerprint density at radius 1 is 0.866 bits per heavy atom. The Hall–Kier alpha value is -4.91. The summed E-state index contributed by atoms with van der Waals surface area (Å²) < 4.78 is 40.2. The number of nitriles is 1. The molecule has 2 unspecified atom stereocenters. The number of hydrogen-bond acceptors (Lipinski definition) is 11. The standard InChI is InChI=1S/C51H61ClN7O6PSi/c1-35(2)59(36(3)4)66(62-32-22-31-53)64-43-41(33-61-51(38-25-16-11-17-26-38,39-27-18-12-19-28-39)40-29-20-13-21-30-40)63-48(44(43)65-67(8,9)50(5,6)7)58-46-42(56-49(58)52)45(54-34-55-46)57-47(60)37-23-14-10-15-24-37/h10-21,23-30,34-36,41,43-44,48H,22,32-33H2,1-9H3,(H,54,55,57,60)/t41-,43+,44+,48?,66?/m0/s1. The van der Waals surface area contributed by atoms with Gasteiger partial charge in [-0.05, 0) is 86.3 Å². The van der Waals surface area contributed by atoms with Gasteiger partial charge in [-0.1, -0.05) is 130 Å². The van der Waals surface area contributed by atoms with Crippen LogP contribution in [0.2, 0.25) is 23.4 Å². The molecular formula is C51H61ClN7O6PSi. The molecular weight excluding hydrogens is 901 g/mol. The molecule has 0 spiro atoms. The van der Waals surface area contributed by atoms with Crippen molar-refractivity contribution in [3.63, 3.8) is 0 Å². The third-order valence-electron chi connectivity index (χ3n) is 12.4. The van der Waals surface area contributed by atoms with Crippen molar-refractivity contribution < 1.29 is 27.7 Å². The Morgan fingerprint density at radius 3 is 1.91 bits per heavy atom. The first-order chi connectivity index (χ1) is 32.1. The van der Waals surface area contributed by atoms with E-state index in [1.807, 2.05) is 60.7 Å². The molecule has 2 aromatic heterocycles. The van der Waals surface area contributed by atoms with E-state index in [0.717, 1.165) is 16.7 Å². The van der Waals surface area contributed by atoms with E-state index < -0.39 is 47.0 Å². The molecule has 1 saturated heterocycles. The highest BCUT2D eigenvalue weighted by atomic mass is 35.5. The van der Waals surface area contributed by atoms with Crippen LogP contribution in [0, 0.1) is 11.3 Å². The lowest BCUT2D eigenvalue weighted by atomic mass is 9.80. The van der Waals surface area contributed by atoms with E-state index in [4.69, 9.17) is 44.5 Å². The third-order valence-corrected chi connectivity index (χ3v) is 19.2. The maximum absolute atomic E-state index is 13.5.